The van der Waals surface area contributed by atoms with Gasteiger partial charge >= 0.3 is 0 Å². The third-order valence-corrected chi connectivity index (χ3v) is 9.05. The molecule has 0 unspecified atom stereocenters. The fourth-order valence-electron chi connectivity index (χ4n) is 5.43. The van der Waals surface area contributed by atoms with Crippen LogP contribution in [0.1, 0.15) is 42.5 Å². The van der Waals surface area contributed by atoms with E-state index in [0.717, 1.165) is 29.0 Å². The molecule has 0 aliphatic carbocycles. The van der Waals surface area contributed by atoms with Crippen LogP contribution in [0.15, 0.2) is 78.9 Å². The summed E-state index contributed by atoms with van der Waals surface area (Å²) in [6.07, 6.45) is 0.956. The Kier molecular flexibility index (Phi) is 6.91. The normalized spacial score (nSPS) is 17.2. The number of benzene rings is 4. The van der Waals surface area contributed by atoms with E-state index in [1.54, 1.807) is 0 Å². The van der Waals surface area contributed by atoms with Gasteiger partial charge in [0.25, 0.3) is 0 Å². The van der Waals surface area contributed by atoms with E-state index in [1.807, 2.05) is 0 Å². The lowest BCUT2D eigenvalue weighted by molar-refractivity contribution is 0.134. The first-order chi connectivity index (χ1) is 17.3. The Morgan fingerprint density at radius 1 is 0.611 bits per heavy atom. The molecule has 2 atom stereocenters. The standard InChI is InChI=1S/C33H35O2P/c1-21-14-22(2)17-27(16-21)36(28-18-23(3)15-24(4)19-28)32-13-9-12-31-33(32)29-10-7-8-11-30(29)34-25(5)20-26(6)35-31/h7-19,25-26H,20H2,1-6H3/t25-,26-/m1/s1. The van der Waals surface area contributed by atoms with Crippen LogP contribution in [0.25, 0.3) is 11.1 Å². The van der Waals surface area contributed by atoms with E-state index < -0.39 is 7.92 Å². The molecule has 0 bridgehead atoms. The Balaban J connectivity index is 1.84. The predicted octanol–water partition coefficient (Wildman–Crippen LogP) is 7.28. The van der Waals surface area contributed by atoms with Crippen molar-refractivity contribution in [3.8, 4) is 22.6 Å². The predicted molar refractivity (Wildman–Crippen MR) is 154 cm³/mol. The summed E-state index contributed by atoms with van der Waals surface area (Å²) >= 11 is 0. The Labute approximate surface area is 217 Å². The number of aryl methyl sites for hydroxylation is 4. The highest BCUT2D eigenvalue weighted by Crippen LogP contribution is 2.45. The maximum absolute atomic E-state index is 6.63. The molecule has 0 saturated heterocycles. The summed E-state index contributed by atoms with van der Waals surface area (Å²) in [6.45, 7) is 13.1. The molecule has 0 radical (unpaired) electrons. The quantitative estimate of drug-likeness (QED) is 0.279. The van der Waals surface area contributed by atoms with Gasteiger partial charge in [0.2, 0.25) is 0 Å². The van der Waals surface area contributed by atoms with Crippen molar-refractivity contribution < 1.29 is 9.47 Å². The minimum absolute atomic E-state index is 0.0527. The van der Waals surface area contributed by atoms with Crippen molar-refractivity contribution in [3.05, 3.63) is 101 Å². The Morgan fingerprint density at radius 3 is 1.69 bits per heavy atom. The first kappa shape index (κ1) is 24.6. The van der Waals surface area contributed by atoms with E-state index in [9.17, 15) is 0 Å². The van der Waals surface area contributed by atoms with Gasteiger partial charge in [-0.1, -0.05) is 89.0 Å². The van der Waals surface area contributed by atoms with Gasteiger partial charge in [0, 0.05) is 17.5 Å². The van der Waals surface area contributed by atoms with Crippen molar-refractivity contribution in [2.24, 2.45) is 0 Å². The summed E-state index contributed by atoms with van der Waals surface area (Å²) < 4.78 is 13.1. The van der Waals surface area contributed by atoms with Gasteiger partial charge in [0.1, 0.15) is 11.5 Å². The zero-order valence-corrected chi connectivity index (χ0v) is 23.0. The van der Waals surface area contributed by atoms with Crippen molar-refractivity contribution in [2.75, 3.05) is 0 Å². The molecule has 0 fully saturated rings. The van der Waals surface area contributed by atoms with Crippen molar-refractivity contribution in [2.45, 2.75) is 60.2 Å². The van der Waals surface area contributed by atoms with E-state index in [0.29, 0.717) is 0 Å². The van der Waals surface area contributed by atoms with Crippen LogP contribution in [0.2, 0.25) is 0 Å². The molecule has 5 rings (SSSR count). The van der Waals surface area contributed by atoms with E-state index in [-0.39, 0.29) is 12.2 Å². The molecule has 4 aromatic carbocycles. The lowest BCUT2D eigenvalue weighted by Gasteiger charge is -2.26. The molecule has 36 heavy (non-hydrogen) atoms. The summed E-state index contributed by atoms with van der Waals surface area (Å²) in [6, 6.07) is 29.0. The fraction of sp³-hybridized carbons (Fsp3) is 0.273. The van der Waals surface area contributed by atoms with Gasteiger partial charge in [-0.25, -0.2) is 0 Å². The van der Waals surface area contributed by atoms with Crippen LogP contribution in [-0.2, 0) is 0 Å². The summed E-state index contributed by atoms with van der Waals surface area (Å²) in [5, 5.41) is 4.02. The van der Waals surface area contributed by atoms with Crippen molar-refractivity contribution in [1.82, 2.24) is 0 Å². The van der Waals surface area contributed by atoms with Gasteiger partial charge in [0.05, 0.1) is 12.2 Å². The summed E-state index contributed by atoms with van der Waals surface area (Å²) in [4.78, 5) is 0. The molecule has 3 heteroatoms. The molecule has 0 N–H and O–H groups in total. The second-order valence-electron chi connectivity index (χ2n) is 10.3. The zero-order valence-electron chi connectivity index (χ0n) is 22.1. The Bertz CT molecular complexity index is 1310. The van der Waals surface area contributed by atoms with Crippen molar-refractivity contribution in [1.29, 1.82) is 0 Å². The van der Waals surface area contributed by atoms with E-state index in [1.165, 1.54) is 38.2 Å². The number of rotatable bonds is 3. The van der Waals surface area contributed by atoms with Crippen molar-refractivity contribution in [3.63, 3.8) is 0 Å². The lowest BCUT2D eigenvalue weighted by atomic mass is 10.0. The average molecular weight is 495 g/mol. The smallest absolute Gasteiger partial charge is 0.128 e. The summed E-state index contributed by atoms with van der Waals surface area (Å²) in [5.41, 5.74) is 7.42. The average Bonchev–Trinajstić information content (AvgIpc) is 2.83. The van der Waals surface area contributed by atoms with Gasteiger partial charge in [-0.05, 0) is 77.5 Å². The number of hydrogen-bond acceptors (Lipinski definition) is 2. The lowest BCUT2D eigenvalue weighted by Crippen LogP contribution is -2.24. The third kappa shape index (κ3) is 5.06. The second kappa shape index (κ2) is 10.1. The van der Waals surface area contributed by atoms with Gasteiger partial charge in [-0.2, -0.15) is 0 Å². The zero-order chi connectivity index (χ0) is 25.4. The number of hydrogen-bond donors (Lipinski definition) is 0. The van der Waals surface area contributed by atoms with Crippen LogP contribution in [0, 0.1) is 27.7 Å². The van der Waals surface area contributed by atoms with Crippen molar-refractivity contribution >= 4 is 23.8 Å². The summed E-state index contributed by atoms with van der Waals surface area (Å²) in [7, 11) is -0.840. The Morgan fingerprint density at radius 2 is 1.11 bits per heavy atom. The van der Waals surface area contributed by atoms with Crippen LogP contribution in [0.5, 0.6) is 11.5 Å². The minimum Gasteiger partial charge on any atom is -0.490 e. The number of fused-ring (bicyclic) bond motifs is 3. The Hall–Kier alpha value is -3.09. The van der Waals surface area contributed by atoms with Crippen LogP contribution in [0.3, 0.4) is 0 Å². The first-order valence-electron chi connectivity index (χ1n) is 12.8. The number of para-hydroxylation sites is 1. The highest BCUT2D eigenvalue weighted by molar-refractivity contribution is 7.80. The molecule has 1 aliphatic heterocycles. The molecule has 1 aliphatic rings. The molecule has 2 nitrogen and oxygen atoms in total. The highest BCUT2D eigenvalue weighted by atomic mass is 31.1. The van der Waals surface area contributed by atoms with E-state index in [4.69, 9.17) is 9.47 Å². The molecule has 0 saturated carbocycles. The van der Waals surface area contributed by atoms with Gasteiger partial charge in [0.15, 0.2) is 0 Å². The topological polar surface area (TPSA) is 18.5 Å². The molecule has 0 aromatic heterocycles. The summed E-state index contributed by atoms with van der Waals surface area (Å²) in [5.74, 6) is 1.86. The molecular formula is C33H35O2P. The molecule has 0 amide bonds. The maximum Gasteiger partial charge on any atom is 0.128 e. The van der Waals surface area contributed by atoms with Gasteiger partial charge < -0.3 is 9.47 Å². The van der Waals surface area contributed by atoms with Crippen LogP contribution in [0.4, 0.5) is 0 Å². The molecule has 0 spiro atoms. The monoisotopic (exact) mass is 494 g/mol. The molecule has 4 aromatic rings. The maximum atomic E-state index is 6.63. The van der Waals surface area contributed by atoms with Gasteiger partial charge in [-0.3, -0.25) is 0 Å². The molecule has 1 heterocycles. The van der Waals surface area contributed by atoms with Crippen LogP contribution in [-0.4, -0.2) is 12.2 Å². The van der Waals surface area contributed by atoms with Crippen LogP contribution < -0.4 is 25.4 Å². The SMILES string of the molecule is Cc1cc(C)cc(P(c2cc(C)cc(C)c2)c2cccc3c2-c2ccccc2O[C@H](C)C[C@@H](C)O3)c1. The van der Waals surface area contributed by atoms with Gasteiger partial charge in [-0.15, -0.1) is 0 Å². The second-order valence-corrected chi connectivity index (χ2v) is 12.5. The first-order valence-corrected chi connectivity index (χ1v) is 14.1. The van der Waals surface area contributed by atoms with E-state index >= 15 is 0 Å². The fourth-order valence-corrected chi connectivity index (χ4v) is 8.31. The van der Waals surface area contributed by atoms with E-state index in [2.05, 4.69) is 120 Å². The third-order valence-electron chi connectivity index (χ3n) is 6.65. The molecular weight excluding hydrogens is 459 g/mol. The highest BCUT2D eigenvalue weighted by Gasteiger charge is 2.28. The minimum atomic E-state index is -0.840. The number of ether oxygens (including phenoxy) is 2. The van der Waals surface area contributed by atoms with Crippen LogP contribution >= 0.6 is 7.92 Å². The largest absolute Gasteiger partial charge is 0.490 e. The molecule has 184 valence electrons.